The van der Waals surface area contributed by atoms with Crippen LogP contribution in [0.5, 0.6) is 5.75 Å². The highest BCUT2D eigenvalue weighted by Crippen LogP contribution is 2.29. The van der Waals surface area contributed by atoms with E-state index in [9.17, 15) is 18.0 Å². The number of carbonyl (C=O) groups is 1. The smallest absolute Gasteiger partial charge is 0.478 e. The zero-order valence-corrected chi connectivity index (χ0v) is 9.13. The van der Waals surface area contributed by atoms with E-state index in [1.807, 2.05) is 0 Å². The summed E-state index contributed by atoms with van der Waals surface area (Å²) in [6.07, 6.45) is -3.11. The Morgan fingerprint density at radius 1 is 1.41 bits per heavy atom. The number of carboxylic acids is 1. The Hall–Kier alpha value is -1.63. The van der Waals surface area contributed by atoms with Crippen LogP contribution in [0.3, 0.4) is 0 Å². The van der Waals surface area contributed by atoms with Crippen molar-refractivity contribution in [1.82, 2.24) is 0 Å². The molecule has 0 aliphatic heterocycles. The van der Waals surface area contributed by atoms with Gasteiger partial charge < -0.3 is 9.84 Å². The second-order valence-electron chi connectivity index (χ2n) is 2.94. The number of benzene rings is 1. The molecule has 0 saturated heterocycles. The molecule has 0 saturated carbocycles. The first-order valence-corrected chi connectivity index (χ1v) is 4.72. The van der Waals surface area contributed by atoms with E-state index in [1.165, 1.54) is 12.1 Å². The number of carboxylic acid groups (broad SMARTS) is 1. The molecular weight excluding hydrogens is 257 g/mol. The number of alkyl halides is 3. The zero-order chi connectivity index (χ0) is 13.1. The fourth-order valence-corrected chi connectivity index (χ4v) is 1.23. The molecule has 1 N–H and O–H groups in total. The standard InChI is InChI=1S/C10H7F3O3S/c11-10(12,13)16-8-5-7(17)3-1-6(8)2-4-9(14)15/h1-5,17H,(H,14,15)/b4-2+. The number of rotatable bonds is 3. The molecule has 1 aromatic carbocycles. The third kappa shape index (κ3) is 4.81. The zero-order valence-electron chi connectivity index (χ0n) is 8.23. The molecule has 3 nitrogen and oxygen atoms in total. The van der Waals surface area contributed by atoms with E-state index in [0.29, 0.717) is 0 Å². The lowest BCUT2D eigenvalue weighted by atomic mass is 10.2. The molecule has 0 heterocycles. The lowest BCUT2D eigenvalue weighted by Crippen LogP contribution is -2.17. The maximum atomic E-state index is 12.1. The van der Waals surface area contributed by atoms with Crippen LogP contribution in [-0.2, 0) is 4.79 Å². The monoisotopic (exact) mass is 264 g/mol. The number of hydrogen-bond acceptors (Lipinski definition) is 3. The maximum Gasteiger partial charge on any atom is 0.573 e. The van der Waals surface area contributed by atoms with Gasteiger partial charge in [0.15, 0.2) is 0 Å². The van der Waals surface area contributed by atoms with Crippen LogP contribution in [0.15, 0.2) is 29.2 Å². The first-order valence-electron chi connectivity index (χ1n) is 4.28. The Balaban J connectivity index is 3.08. The number of aliphatic carboxylic acids is 1. The largest absolute Gasteiger partial charge is 0.573 e. The van der Waals surface area contributed by atoms with E-state index >= 15 is 0 Å². The van der Waals surface area contributed by atoms with Crippen molar-refractivity contribution in [3.05, 3.63) is 29.8 Å². The van der Waals surface area contributed by atoms with Crippen LogP contribution in [0.4, 0.5) is 13.2 Å². The highest BCUT2D eigenvalue weighted by molar-refractivity contribution is 7.80. The third-order valence-electron chi connectivity index (χ3n) is 1.63. The second-order valence-corrected chi connectivity index (χ2v) is 3.46. The molecule has 7 heteroatoms. The van der Waals surface area contributed by atoms with Crippen molar-refractivity contribution in [3.8, 4) is 5.75 Å². The van der Waals surface area contributed by atoms with Gasteiger partial charge in [0.25, 0.3) is 0 Å². The van der Waals surface area contributed by atoms with Crippen molar-refractivity contribution < 1.29 is 27.8 Å². The summed E-state index contributed by atoms with van der Waals surface area (Å²) in [5.74, 6) is -1.76. The van der Waals surface area contributed by atoms with Crippen LogP contribution in [0.2, 0.25) is 0 Å². The Kier molecular flexibility index (Phi) is 4.06. The molecule has 0 radical (unpaired) electrons. The quantitative estimate of drug-likeness (QED) is 0.651. The van der Waals surface area contributed by atoms with E-state index in [1.54, 1.807) is 0 Å². The van der Waals surface area contributed by atoms with Crippen molar-refractivity contribution in [2.45, 2.75) is 11.3 Å². The summed E-state index contributed by atoms with van der Waals surface area (Å²) >= 11 is 3.87. The first kappa shape index (κ1) is 13.4. The normalized spacial score (nSPS) is 11.8. The minimum Gasteiger partial charge on any atom is -0.478 e. The van der Waals surface area contributed by atoms with Gasteiger partial charge in [0.1, 0.15) is 5.75 Å². The van der Waals surface area contributed by atoms with Crippen molar-refractivity contribution in [2.75, 3.05) is 0 Å². The van der Waals surface area contributed by atoms with Gasteiger partial charge in [-0.1, -0.05) is 6.07 Å². The van der Waals surface area contributed by atoms with E-state index in [-0.39, 0.29) is 10.5 Å². The molecule has 0 aromatic heterocycles. The van der Waals surface area contributed by atoms with Gasteiger partial charge in [0, 0.05) is 16.5 Å². The third-order valence-corrected chi connectivity index (χ3v) is 1.91. The Morgan fingerprint density at radius 2 is 2.06 bits per heavy atom. The van der Waals surface area contributed by atoms with Crippen molar-refractivity contribution in [3.63, 3.8) is 0 Å². The number of halogens is 3. The summed E-state index contributed by atoms with van der Waals surface area (Å²) in [6, 6.07) is 3.76. The van der Waals surface area contributed by atoms with Crippen LogP contribution in [0.25, 0.3) is 6.08 Å². The van der Waals surface area contributed by atoms with Gasteiger partial charge in [0.2, 0.25) is 0 Å². The van der Waals surface area contributed by atoms with Crippen molar-refractivity contribution >= 4 is 24.7 Å². The predicted molar refractivity (Wildman–Crippen MR) is 57.0 cm³/mol. The molecule has 0 aliphatic carbocycles. The molecule has 92 valence electrons. The molecule has 0 fully saturated rings. The first-order chi connectivity index (χ1) is 7.78. The lowest BCUT2D eigenvalue weighted by molar-refractivity contribution is -0.274. The highest BCUT2D eigenvalue weighted by atomic mass is 32.1. The summed E-state index contributed by atoms with van der Waals surface area (Å²) in [4.78, 5) is 10.5. The Bertz CT molecular complexity index is 455. The van der Waals surface area contributed by atoms with Crippen LogP contribution >= 0.6 is 12.6 Å². The van der Waals surface area contributed by atoms with E-state index in [2.05, 4.69) is 17.4 Å². The van der Waals surface area contributed by atoms with Crippen LogP contribution in [0, 0.1) is 0 Å². The van der Waals surface area contributed by atoms with E-state index in [0.717, 1.165) is 18.2 Å². The van der Waals surface area contributed by atoms with Gasteiger partial charge in [-0.2, -0.15) is 0 Å². The predicted octanol–water partition coefficient (Wildman–Crippen LogP) is 2.97. The molecule has 0 aliphatic rings. The average Bonchev–Trinajstić information content (AvgIpc) is 2.13. The highest BCUT2D eigenvalue weighted by Gasteiger charge is 2.31. The average molecular weight is 264 g/mol. The molecule has 0 spiro atoms. The minimum absolute atomic E-state index is 0.00234. The molecule has 0 bridgehead atoms. The SMILES string of the molecule is O=C(O)/C=C/c1ccc(S)cc1OC(F)(F)F. The molecule has 0 amide bonds. The van der Waals surface area contributed by atoms with Gasteiger partial charge in [-0.25, -0.2) is 4.79 Å². The second kappa shape index (κ2) is 5.13. The van der Waals surface area contributed by atoms with Gasteiger partial charge in [-0.3, -0.25) is 0 Å². The Morgan fingerprint density at radius 3 is 2.59 bits per heavy atom. The van der Waals surface area contributed by atoms with Gasteiger partial charge in [-0.15, -0.1) is 25.8 Å². The van der Waals surface area contributed by atoms with Gasteiger partial charge in [0.05, 0.1) is 0 Å². The summed E-state index contributed by atoms with van der Waals surface area (Å²) in [7, 11) is 0. The number of hydrogen-bond donors (Lipinski definition) is 2. The topological polar surface area (TPSA) is 46.5 Å². The summed E-state index contributed by atoms with van der Waals surface area (Å²) in [6.45, 7) is 0. The number of ether oxygens (including phenoxy) is 1. The Labute approximate surface area is 99.9 Å². The lowest BCUT2D eigenvalue weighted by Gasteiger charge is -2.11. The summed E-state index contributed by atoms with van der Waals surface area (Å²) in [5.41, 5.74) is 0.00234. The van der Waals surface area contributed by atoms with E-state index < -0.39 is 18.1 Å². The van der Waals surface area contributed by atoms with Crippen LogP contribution in [0.1, 0.15) is 5.56 Å². The molecule has 1 rings (SSSR count). The summed E-state index contributed by atoms with van der Waals surface area (Å²) < 4.78 is 39.9. The molecule has 1 aromatic rings. The van der Waals surface area contributed by atoms with Gasteiger partial charge in [-0.05, 0) is 18.2 Å². The number of thiol groups is 1. The molecular formula is C10H7F3O3S. The van der Waals surface area contributed by atoms with Crippen LogP contribution < -0.4 is 4.74 Å². The van der Waals surface area contributed by atoms with Crippen molar-refractivity contribution in [2.24, 2.45) is 0 Å². The fourth-order valence-electron chi connectivity index (χ4n) is 1.03. The van der Waals surface area contributed by atoms with E-state index in [4.69, 9.17) is 5.11 Å². The van der Waals surface area contributed by atoms with Crippen molar-refractivity contribution in [1.29, 1.82) is 0 Å². The minimum atomic E-state index is -4.84. The fraction of sp³-hybridized carbons (Fsp3) is 0.100. The summed E-state index contributed by atoms with van der Waals surface area (Å²) in [5, 5.41) is 8.39. The maximum absolute atomic E-state index is 12.1. The molecule has 0 unspecified atom stereocenters. The van der Waals surface area contributed by atoms with Crippen LogP contribution in [-0.4, -0.2) is 17.4 Å². The molecule has 0 atom stereocenters. The molecule has 17 heavy (non-hydrogen) atoms. The van der Waals surface area contributed by atoms with Gasteiger partial charge >= 0.3 is 12.3 Å².